The molecule has 0 saturated carbocycles. The van der Waals surface area contributed by atoms with Gasteiger partial charge in [-0.3, -0.25) is 4.79 Å². The summed E-state index contributed by atoms with van der Waals surface area (Å²) in [7, 11) is 0. The molecule has 100 valence electrons. The minimum absolute atomic E-state index is 0.000272. The summed E-state index contributed by atoms with van der Waals surface area (Å²) in [5.41, 5.74) is 7.32. The van der Waals surface area contributed by atoms with Gasteiger partial charge in [-0.05, 0) is 18.1 Å². The van der Waals surface area contributed by atoms with Crippen molar-refractivity contribution in [2.75, 3.05) is 25.4 Å². The smallest absolute Gasteiger partial charge is 0.227 e. The zero-order chi connectivity index (χ0) is 13.4. The molecule has 0 saturated heterocycles. The fourth-order valence-electron chi connectivity index (χ4n) is 1.80. The lowest BCUT2D eigenvalue weighted by molar-refractivity contribution is -0.131. The molecule has 4 nitrogen and oxygen atoms in total. The van der Waals surface area contributed by atoms with E-state index in [1.807, 2.05) is 18.2 Å². The molecule has 0 aromatic heterocycles. The van der Waals surface area contributed by atoms with E-state index in [1.165, 1.54) is 0 Å². The third-order valence-corrected chi connectivity index (χ3v) is 2.90. The van der Waals surface area contributed by atoms with E-state index < -0.39 is 0 Å². The van der Waals surface area contributed by atoms with Crippen LogP contribution in [0.5, 0.6) is 0 Å². The van der Waals surface area contributed by atoms with Gasteiger partial charge in [0.2, 0.25) is 5.91 Å². The Morgan fingerprint density at radius 3 is 2.67 bits per heavy atom. The van der Waals surface area contributed by atoms with Crippen LogP contribution in [-0.4, -0.2) is 35.6 Å². The zero-order valence-electron chi connectivity index (χ0n) is 10.9. The number of unbranched alkanes of at least 4 members (excludes halogenated alkanes) is 1. The Kier molecular flexibility index (Phi) is 6.22. The van der Waals surface area contributed by atoms with Crippen LogP contribution in [0, 0.1) is 0 Å². The number of nitrogens with two attached hydrogens (primary N) is 1. The molecular formula is C14H22N2O2. The molecule has 0 bridgehead atoms. The van der Waals surface area contributed by atoms with E-state index in [1.54, 1.807) is 11.0 Å². The summed E-state index contributed by atoms with van der Waals surface area (Å²) >= 11 is 0. The maximum Gasteiger partial charge on any atom is 0.227 e. The summed E-state index contributed by atoms with van der Waals surface area (Å²) in [6.07, 6.45) is 2.29. The fourth-order valence-corrected chi connectivity index (χ4v) is 1.80. The van der Waals surface area contributed by atoms with Gasteiger partial charge in [-0.15, -0.1) is 0 Å². The lowest BCUT2D eigenvalue weighted by Gasteiger charge is -2.21. The number of benzene rings is 1. The first-order valence-corrected chi connectivity index (χ1v) is 6.41. The van der Waals surface area contributed by atoms with Gasteiger partial charge in [0.15, 0.2) is 0 Å². The van der Waals surface area contributed by atoms with Gasteiger partial charge < -0.3 is 15.7 Å². The van der Waals surface area contributed by atoms with E-state index in [0.29, 0.717) is 25.2 Å². The molecule has 1 aromatic rings. The van der Waals surface area contributed by atoms with Crippen molar-refractivity contribution >= 4 is 11.6 Å². The van der Waals surface area contributed by atoms with Crippen LogP contribution in [0.25, 0.3) is 0 Å². The Bertz CT molecular complexity index is 380. The van der Waals surface area contributed by atoms with Crippen LogP contribution in [0.15, 0.2) is 24.3 Å². The van der Waals surface area contributed by atoms with Gasteiger partial charge in [0, 0.05) is 18.8 Å². The molecule has 1 rings (SSSR count). The van der Waals surface area contributed by atoms with Crippen LogP contribution in [-0.2, 0) is 11.2 Å². The Balaban J connectivity index is 2.63. The minimum Gasteiger partial charge on any atom is -0.398 e. The molecule has 1 amide bonds. The van der Waals surface area contributed by atoms with Crippen LogP contribution >= 0.6 is 0 Å². The van der Waals surface area contributed by atoms with Gasteiger partial charge >= 0.3 is 0 Å². The molecule has 0 aliphatic rings. The second-order valence-corrected chi connectivity index (χ2v) is 4.33. The van der Waals surface area contributed by atoms with Crippen LogP contribution in [0.4, 0.5) is 5.69 Å². The Labute approximate surface area is 108 Å². The highest BCUT2D eigenvalue weighted by Crippen LogP contribution is 2.12. The van der Waals surface area contributed by atoms with Gasteiger partial charge in [-0.25, -0.2) is 0 Å². The van der Waals surface area contributed by atoms with E-state index >= 15 is 0 Å². The standard InChI is InChI=1S/C14H22N2O2/c1-2-3-8-16(9-10-17)14(18)11-12-6-4-5-7-13(12)15/h4-7,17H,2-3,8-11,15H2,1H3. The van der Waals surface area contributed by atoms with Gasteiger partial charge in [0.1, 0.15) is 0 Å². The fraction of sp³-hybridized carbons (Fsp3) is 0.500. The Morgan fingerprint density at radius 1 is 1.33 bits per heavy atom. The molecular weight excluding hydrogens is 228 g/mol. The summed E-state index contributed by atoms with van der Waals surface area (Å²) in [6, 6.07) is 7.39. The van der Waals surface area contributed by atoms with E-state index in [0.717, 1.165) is 18.4 Å². The second kappa shape index (κ2) is 7.71. The van der Waals surface area contributed by atoms with Gasteiger partial charge in [0.25, 0.3) is 0 Å². The first-order chi connectivity index (χ1) is 8.69. The Hall–Kier alpha value is -1.55. The lowest BCUT2D eigenvalue weighted by atomic mass is 10.1. The summed E-state index contributed by atoms with van der Waals surface area (Å²) in [6.45, 7) is 3.17. The van der Waals surface area contributed by atoms with Crippen molar-refractivity contribution in [3.05, 3.63) is 29.8 Å². The molecule has 1 aromatic carbocycles. The van der Waals surface area contributed by atoms with E-state index in [4.69, 9.17) is 10.8 Å². The van der Waals surface area contributed by atoms with Gasteiger partial charge in [-0.2, -0.15) is 0 Å². The second-order valence-electron chi connectivity index (χ2n) is 4.33. The summed E-state index contributed by atoms with van der Waals surface area (Å²) < 4.78 is 0. The molecule has 0 heterocycles. The summed E-state index contributed by atoms with van der Waals surface area (Å²) in [5, 5.41) is 8.99. The number of anilines is 1. The molecule has 4 heteroatoms. The number of para-hydroxylation sites is 1. The maximum absolute atomic E-state index is 12.1. The van der Waals surface area contributed by atoms with Crippen molar-refractivity contribution < 1.29 is 9.90 Å². The molecule has 0 radical (unpaired) electrons. The number of aliphatic hydroxyl groups is 1. The molecule has 0 aliphatic carbocycles. The quantitative estimate of drug-likeness (QED) is 0.719. The predicted octanol–water partition coefficient (Wildman–Crippen LogP) is 1.43. The topological polar surface area (TPSA) is 66.6 Å². The number of rotatable bonds is 7. The summed E-state index contributed by atoms with van der Waals surface area (Å²) in [5.74, 6) is 0.0235. The highest BCUT2D eigenvalue weighted by Gasteiger charge is 2.14. The SMILES string of the molecule is CCCCN(CCO)C(=O)Cc1ccccc1N. The molecule has 0 spiro atoms. The van der Waals surface area contributed by atoms with E-state index in [9.17, 15) is 4.79 Å². The Morgan fingerprint density at radius 2 is 2.06 bits per heavy atom. The van der Waals surface area contributed by atoms with E-state index in [-0.39, 0.29) is 12.5 Å². The van der Waals surface area contributed by atoms with Gasteiger partial charge in [0.05, 0.1) is 13.0 Å². The maximum atomic E-state index is 12.1. The minimum atomic E-state index is -0.000272. The molecule has 0 fully saturated rings. The third kappa shape index (κ3) is 4.37. The predicted molar refractivity (Wildman–Crippen MR) is 73.1 cm³/mol. The number of nitrogen functional groups attached to an aromatic ring is 1. The number of hydrogen-bond acceptors (Lipinski definition) is 3. The first-order valence-electron chi connectivity index (χ1n) is 6.41. The molecule has 18 heavy (non-hydrogen) atoms. The normalized spacial score (nSPS) is 10.3. The van der Waals surface area contributed by atoms with Crippen molar-refractivity contribution in [1.82, 2.24) is 4.90 Å². The number of hydrogen-bond donors (Lipinski definition) is 2. The molecule has 0 unspecified atom stereocenters. The molecule has 0 aliphatic heterocycles. The van der Waals surface area contributed by atoms with Crippen molar-refractivity contribution in [1.29, 1.82) is 0 Å². The third-order valence-electron chi connectivity index (χ3n) is 2.90. The first kappa shape index (κ1) is 14.5. The average Bonchev–Trinajstić information content (AvgIpc) is 2.37. The van der Waals surface area contributed by atoms with Crippen molar-refractivity contribution in [2.24, 2.45) is 0 Å². The average molecular weight is 250 g/mol. The van der Waals surface area contributed by atoms with Crippen LogP contribution in [0.1, 0.15) is 25.3 Å². The van der Waals surface area contributed by atoms with Crippen LogP contribution in [0.2, 0.25) is 0 Å². The van der Waals surface area contributed by atoms with Crippen molar-refractivity contribution in [3.8, 4) is 0 Å². The number of nitrogens with zero attached hydrogens (tertiary/aromatic N) is 1. The van der Waals surface area contributed by atoms with Crippen LogP contribution < -0.4 is 5.73 Å². The molecule has 0 atom stereocenters. The molecule has 3 N–H and O–H groups in total. The van der Waals surface area contributed by atoms with Crippen molar-refractivity contribution in [3.63, 3.8) is 0 Å². The largest absolute Gasteiger partial charge is 0.398 e. The number of amides is 1. The number of aliphatic hydroxyl groups excluding tert-OH is 1. The number of carbonyl (C=O) groups is 1. The highest BCUT2D eigenvalue weighted by molar-refractivity contribution is 5.80. The lowest BCUT2D eigenvalue weighted by Crippen LogP contribution is -2.35. The summed E-state index contributed by atoms with van der Waals surface area (Å²) in [4.78, 5) is 13.8. The van der Waals surface area contributed by atoms with Crippen molar-refractivity contribution in [2.45, 2.75) is 26.2 Å². The monoisotopic (exact) mass is 250 g/mol. The van der Waals surface area contributed by atoms with Crippen LogP contribution in [0.3, 0.4) is 0 Å². The van der Waals surface area contributed by atoms with Gasteiger partial charge in [-0.1, -0.05) is 31.5 Å². The number of carbonyl (C=O) groups excluding carboxylic acids is 1. The highest BCUT2D eigenvalue weighted by atomic mass is 16.3. The van der Waals surface area contributed by atoms with E-state index in [2.05, 4.69) is 6.92 Å². The zero-order valence-corrected chi connectivity index (χ0v) is 10.9.